The van der Waals surface area contributed by atoms with Gasteiger partial charge in [0.1, 0.15) is 5.69 Å². The summed E-state index contributed by atoms with van der Waals surface area (Å²) < 4.78 is 0. The monoisotopic (exact) mass is 340 g/mol. The quantitative estimate of drug-likeness (QED) is 0.746. The molecule has 2 aromatic carbocycles. The van der Waals surface area contributed by atoms with Crippen molar-refractivity contribution in [3.8, 4) is 11.3 Å². The second-order valence-corrected chi connectivity index (χ2v) is 6.20. The Morgan fingerprint density at radius 1 is 1.08 bits per heavy atom. The number of nitrogens with one attached hydrogen (secondary N) is 2. The molecule has 5 nitrogen and oxygen atoms in total. The topological polar surface area (TPSA) is 70.7 Å². The van der Waals surface area contributed by atoms with Gasteiger partial charge in [-0.2, -0.15) is 15.4 Å². The summed E-state index contributed by atoms with van der Waals surface area (Å²) in [4.78, 5) is 12.7. The molecule has 0 radical (unpaired) electrons. The molecule has 3 rings (SSSR count). The summed E-state index contributed by atoms with van der Waals surface area (Å²) >= 11 is 6.02. The van der Waals surface area contributed by atoms with Crippen LogP contribution in [0.2, 0.25) is 5.02 Å². The second kappa shape index (κ2) is 6.45. The van der Waals surface area contributed by atoms with Crippen molar-refractivity contribution in [1.29, 1.82) is 0 Å². The van der Waals surface area contributed by atoms with Gasteiger partial charge in [-0.05, 0) is 44.0 Å². The molecule has 0 aliphatic rings. The fraction of sp³-hybridized carbons (Fsp3) is 0.167. The molecule has 1 amide bonds. The number of aromatic nitrogens is 3. The Balaban J connectivity index is 1.94. The van der Waals surface area contributed by atoms with Gasteiger partial charge >= 0.3 is 0 Å². The summed E-state index contributed by atoms with van der Waals surface area (Å²) in [5.41, 5.74) is 5.41. The third-order valence-electron chi connectivity index (χ3n) is 3.78. The Hall–Kier alpha value is -2.66. The molecule has 0 fully saturated rings. The summed E-state index contributed by atoms with van der Waals surface area (Å²) in [5.74, 6) is -0.311. The maximum absolute atomic E-state index is 12.7. The van der Waals surface area contributed by atoms with E-state index in [2.05, 4.69) is 20.7 Å². The van der Waals surface area contributed by atoms with Crippen LogP contribution in [0.4, 0.5) is 5.69 Å². The lowest BCUT2D eigenvalue weighted by Crippen LogP contribution is -2.15. The van der Waals surface area contributed by atoms with Gasteiger partial charge in [0.05, 0.1) is 0 Å². The number of benzene rings is 2. The highest BCUT2D eigenvalue weighted by Gasteiger charge is 2.19. The van der Waals surface area contributed by atoms with Gasteiger partial charge in [0.25, 0.3) is 5.91 Å². The summed E-state index contributed by atoms with van der Waals surface area (Å²) in [6.45, 7) is 5.97. The number of hydrogen-bond acceptors (Lipinski definition) is 3. The number of hydrogen-bond donors (Lipinski definition) is 2. The second-order valence-electron chi connectivity index (χ2n) is 5.76. The number of H-pyrrole nitrogens is 1. The van der Waals surface area contributed by atoms with Gasteiger partial charge in [0.2, 0.25) is 0 Å². The van der Waals surface area contributed by atoms with Crippen molar-refractivity contribution in [2.75, 3.05) is 5.32 Å². The molecule has 0 unspecified atom stereocenters. The zero-order chi connectivity index (χ0) is 17.3. The summed E-state index contributed by atoms with van der Waals surface area (Å²) in [5, 5.41) is 14.1. The van der Waals surface area contributed by atoms with Crippen LogP contribution < -0.4 is 5.32 Å². The van der Waals surface area contributed by atoms with Crippen LogP contribution in [0.15, 0.2) is 36.4 Å². The van der Waals surface area contributed by atoms with Crippen LogP contribution in [0.3, 0.4) is 0 Å². The van der Waals surface area contributed by atoms with E-state index in [1.807, 2.05) is 45.0 Å². The van der Waals surface area contributed by atoms with Crippen LogP contribution in [0, 0.1) is 20.8 Å². The predicted octanol–water partition coefficient (Wildman–Crippen LogP) is 4.30. The van der Waals surface area contributed by atoms with Gasteiger partial charge in [-0.3, -0.25) is 4.79 Å². The Bertz CT molecular complexity index is 894. The summed E-state index contributed by atoms with van der Waals surface area (Å²) in [6.07, 6.45) is 0. The van der Waals surface area contributed by atoms with Gasteiger partial charge in [-0.1, -0.05) is 41.4 Å². The van der Waals surface area contributed by atoms with E-state index >= 15 is 0 Å². The predicted molar refractivity (Wildman–Crippen MR) is 95.4 cm³/mol. The fourth-order valence-corrected chi connectivity index (χ4v) is 2.97. The molecule has 6 heteroatoms. The molecule has 1 heterocycles. The van der Waals surface area contributed by atoms with Crippen LogP contribution in [0.1, 0.15) is 27.2 Å². The number of carbonyl (C=O) groups is 1. The average Bonchev–Trinajstić information content (AvgIpc) is 3.00. The van der Waals surface area contributed by atoms with Crippen molar-refractivity contribution < 1.29 is 4.79 Å². The largest absolute Gasteiger partial charge is 0.320 e. The third-order valence-corrected chi connectivity index (χ3v) is 4.01. The van der Waals surface area contributed by atoms with Gasteiger partial charge in [-0.25, -0.2) is 0 Å². The molecule has 0 aliphatic heterocycles. The molecule has 0 spiro atoms. The van der Waals surface area contributed by atoms with Crippen molar-refractivity contribution in [1.82, 2.24) is 15.4 Å². The molecule has 2 N–H and O–H groups in total. The zero-order valence-electron chi connectivity index (χ0n) is 13.6. The van der Waals surface area contributed by atoms with Gasteiger partial charge in [0, 0.05) is 16.3 Å². The molecule has 122 valence electrons. The molecular weight excluding hydrogens is 324 g/mol. The first-order valence-electron chi connectivity index (χ1n) is 7.51. The standard InChI is InChI=1S/C18H17ClN4O/c1-10-7-11(2)15(12(3)8-10)20-18(24)17-16(21-23-22-17)13-5-4-6-14(19)9-13/h4-9H,1-3H3,(H,20,24)(H,21,22,23). The maximum atomic E-state index is 12.7. The lowest BCUT2D eigenvalue weighted by Gasteiger charge is -2.12. The smallest absolute Gasteiger partial charge is 0.278 e. The molecule has 1 aromatic heterocycles. The molecule has 0 saturated carbocycles. The van der Waals surface area contributed by atoms with E-state index < -0.39 is 0 Å². The first kappa shape index (κ1) is 16.2. The van der Waals surface area contributed by atoms with Crippen molar-refractivity contribution in [2.45, 2.75) is 20.8 Å². The minimum Gasteiger partial charge on any atom is -0.320 e. The summed E-state index contributed by atoms with van der Waals surface area (Å²) in [7, 11) is 0. The molecule has 3 aromatic rings. The van der Waals surface area contributed by atoms with Crippen LogP contribution >= 0.6 is 11.6 Å². The highest BCUT2D eigenvalue weighted by molar-refractivity contribution is 6.30. The first-order valence-corrected chi connectivity index (χ1v) is 7.89. The van der Waals surface area contributed by atoms with Crippen LogP contribution in [0.25, 0.3) is 11.3 Å². The SMILES string of the molecule is Cc1cc(C)c(NC(=O)c2n[nH]nc2-c2cccc(Cl)c2)c(C)c1. The van der Waals surface area contributed by atoms with E-state index in [1.165, 1.54) is 0 Å². The Morgan fingerprint density at radius 2 is 1.79 bits per heavy atom. The van der Waals surface area contributed by atoms with E-state index in [0.717, 1.165) is 27.9 Å². The van der Waals surface area contributed by atoms with E-state index in [1.54, 1.807) is 12.1 Å². The fourth-order valence-electron chi connectivity index (χ4n) is 2.78. The summed E-state index contributed by atoms with van der Waals surface area (Å²) in [6, 6.07) is 11.2. The van der Waals surface area contributed by atoms with E-state index in [4.69, 9.17) is 11.6 Å². The minimum absolute atomic E-state index is 0.233. The molecule has 24 heavy (non-hydrogen) atoms. The van der Waals surface area contributed by atoms with Crippen LogP contribution in [-0.2, 0) is 0 Å². The Labute approximate surface area is 145 Å². The molecular formula is C18H17ClN4O. The molecule has 0 aliphatic carbocycles. The Morgan fingerprint density at radius 3 is 2.46 bits per heavy atom. The average molecular weight is 341 g/mol. The number of halogens is 1. The minimum atomic E-state index is -0.311. The van der Waals surface area contributed by atoms with Crippen molar-refractivity contribution >= 4 is 23.2 Å². The molecule has 0 atom stereocenters. The number of rotatable bonds is 3. The van der Waals surface area contributed by atoms with Crippen molar-refractivity contribution in [3.05, 3.63) is 63.8 Å². The lowest BCUT2D eigenvalue weighted by atomic mass is 10.0. The Kier molecular flexibility index (Phi) is 4.36. The third kappa shape index (κ3) is 3.16. The number of aromatic amines is 1. The lowest BCUT2D eigenvalue weighted by molar-refractivity contribution is 0.102. The highest BCUT2D eigenvalue weighted by atomic mass is 35.5. The number of anilines is 1. The van der Waals surface area contributed by atoms with Gasteiger partial charge in [0.15, 0.2) is 5.69 Å². The highest BCUT2D eigenvalue weighted by Crippen LogP contribution is 2.26. The van der Waals surface area contributed by atoms with E-state index in [0.29, 0.717) is 10.7 Å². The van der Waals surface area contributed by atoms with E-state index in [9.17, 15) is 4.79 Å². The number of carbonyl (C=O) groups excluding carboxylic acids is 1. The van der Waals surface area contributed by atoms with Crippen molar-refractivity contribution in [3.63, 3.8) is 0 Å². The first-order chi connectivity index (χ1) is 11.5. The van der Waals surface area contributed by atoms with E-state index in [-0.39, 0.29) is 11.6 Å². The van der Waals surface area contributed by atoms with Crippen molar-refractivity contribution in [2.24, 2.45) is 0 Å². The number of nitrogens with zero attached hydrogens (tertiary/aromatic N) is 2. The number of aryl methyl sites for hydroxylation is 3. The maximum Gasteiger partial charge on any atom is 0.278 e. The number of amides is 1. The van der Waals surface area contributed by atoms with Crippen LogP contribution in [-0.4, -0.2) is 21.3 Å². The molecule has 0 bridgehead atoms. The zero-order valence-corrected chi connectivity index (χ0v) is 14.4. The van der Waals surface area contributed by atoms with Gasteiger partial charge in [-0.15, -0.1) is 0 Å². The normalized spacial score (nSPS) is 10.7. The molecule has 0 saturated heterocycles. The van der Waals surface area contributed by atoms with Crippen LogP contribution in [0.5, 0.6) is 0 Å². The van der Waals surface area contributed by atoms with Gasteiger partial charge < -0.3 is 5.32 Å².